The third-order valence-corrected chi connectivity index (χ3v) is 7.78. The van der Waals surface area contributed by atoms with E-state index in [0.717, 1.165) is 31.2 Å². The number of amides is 2. The van der Waals surface area contributed by atoms with Crippen LogP contribution in [-0.4, -0.2) is 34.6 Å². The maximum atomic E-state index is 14.0. The molecule has 0 radical (unpaired) electrons. The Balaban J connectivity index is 1.70. The van der Waals surface area contributed by atoms with Crippen LogP contribution in [0.1, 0.15) is 43.7 Å². The fourth-order valence-corrected chi connectivity index (χ4v) is 5.37. The number of nitrogens with one attached hydrogen (secondary N) is 1. The second kappa shape index (κ2) is 12.3. The molecule has 0 heterocycles. The third-order valence-electron chi connectivity index (χ3n) is 5.74. The Kier molecular flexibility index (Phi) is 9.74. The van der Waals surface area contributed by atoms with Gasteiger partial charge in [0.15, 0.2) is 0 Å². The molecule has 4 nitrogen and oxygen atoms in total. The summed E-state index contributed by atoms with van der Waals surface area (Å²) in [6, 6.07) is 9.12. The molecule has 2 amide bonds. The van der Waals surface area contributed by atoms with Crippen LogP contribution in [0, 0.1) is 5.82 Å². The van der Waals surface area contributed by atoms with E-state index in [0.29, 0.717) is 20.6 Å². The Bertz CT molecular complexity index is 981. The predicted molar refractivity (Wildman–Crippen MR) is 134 cm³/mol. The molecule has 33 heavy (non-hydrogen) atoms. The van der Waals surface area contributed by atoms with Crippen molar-refractivity contribution in [2.24, 2.45) is 0 Å². The zero-order chi connectivity index (χ0) is 24.0. The van der Waals surface area contributed by atoms with Crippen LogP contribution in [0.2, 0.25) is 15.1 Å². The van der Waals surface area contributed by atoms with Crippen LogP contribution in [-0.2, 0) is 21.9 Å². The number of halogens is 4. The monoisotopic (exact) mass is 530 g/mol. The molecule has 1 atom stereocenters. The summed E-state index contributed by atoms with van der Waals surface area (Å²) in [5, 5.41) is 4.19. The minimum Gasteiger partial charge on any atom is -0.352 e. The molecule has 2 aromatic carbocycles. The molecular formula is C24H26Cl3FN2O2S. The maximum absolute atomic E-state index is 14.0. The van der Waals surface area contributed by atoms with Crippen molar-refractivity contribution in [3.8, 4) is 0 Å². The maximum Gasteiger partial charge on any atom is 0.242 e. The van der Waals surface area contributed by atoms with Gasteiger partial charge >= 0.3 is 0 Å². The first-order valence-electron chi connectivity index (χ1n) is 10.8. The molecule has 0 saturated heterocycles. The molecule has 3 rings (SSSR count). The lowest BCUT2D eigenvalue weighted by atomic mass is 10.1. The highest BCUT2D eigenvalue weighted by atomic mass is 35.5. The Hall–Kier alpha value is -1.47. The molecule has 0 unspecified atom stereocenters. The van der Waals surface area contributed by atoms with Crippen LogP contribution < -0.4 is 5.32 Å². The van der Waals surface area contributed by atoms with Gasteiger partial charge in [0.1, 0.15) is 11.9 Å². The normalized spacial score (nSPS) is 14.8. The Morgan fingerprint density at radius 2 is 1.85 bits per heavy atom. The van der Waals surface area contributed by atoms with Gasteiger partial charge in [0, 0.05) is 28.9 Å². The van der Waals surface area contributed by atoms with Crippen LogP contribution in [0.15, 0.2) is 36.4 Å². The Morgan fingerprint density at radius 3 is 2.52 bits per heavy atom. The van der Waals surface area contributed by atoms with Crippen LogP contribution in [0.5, 0.6) is 0 Å². The molecule has 0 spiro atoms. The molecule has 1 saturated carbocycles. The number of carbonyl (C=O) groups excluding carboxylic acids is 2. The molecule has 1 aliphatic carbocycles. The molecule has 9 heteroatoms. The summed E-state index contributed by atoms with van der Waals surface area (Å²) in [5.41, 5.74) is 1.13. The van der Waals surface area contributed by atoms with E-state index >= 15 is 0 Å². The standard InChI is InChI=1S/C24H26Cl3FN2O2S/c1-15(24(32)29-17-5-2-3-6-17)30(12-16-9-10-20(26)21(27)11-16)23(31)14-33-13-18-19(25)7-4-8-22(18)28/h4,7-11,15,17H,2-3,5-6,12-14H2,1H3,(H,29,32)/t15-/m0/s1. The fraction of sp³-hybridized carbons (Fsp3) is 0.417. The van der Waals surface area contributed by atoms with Gasteiger partial charge in [-0.05, 0) is 49.6 Å². The number of thioether (sulfide) groups is 1. The number of hydrogen-bond donors (Lipinski definition) is 1. The van der Waals surface area contributed by atoms with Gasteiger partial charge in [0.2, 0.25) is 11.8 Å². The zero-order valence-corrected chi connectivity index (χ0v) is 21.3. The SMILES string of the molecule is C[C@@H](C(=O)NC1CCCC1)N(Cc1ccc(Cl)c(Cl)c1)C(=O)CSCc1c(F)cccc1Cl. The molecule has 2 aromatic rings. The topological polar surface area (TPSA) is 49.4 Å². The number of nitrogens with zero attached hydrogens (tertiary/aromatic N) is 1. The smallest absolute Gasteiger partial charge is 0.242 e. The van der Waals surface area contributed by atoms with E-state index in [1.807, 2.05) is 0 Å². The molecule has 178 valence electrons. The number of benzene rings is 2. The summed E-state index contributed by atoms with van der Waals surface area (Å²) >= 11 is 19.5. The van der Waals surface area contributed by atoms with Crippen molar-refractivity contribution < 1.29 is 14.0 Å². The first-order valence-corrected chi connectivity index (χ1v) is 13.1. The molecule has 0 aromatic heterocycles. The fourth-order valence-electron chi connectivity index (χ4n) is 3.80. The van der Waals surface area contributed by atoms with E-state index < -0.39 is 11.9 Å². The molecule has 0 aliphatic heterocycles. The van der Waals surface area contributed by atoms with Gasteiger partial charge in [0.25, 0.3) is 0 Å². The van der Waals surface area contributed by atoms with Gasteiger partial charge in [-0.2, -0.15) is 0 Å². The third kappa shape index (κ3) is 7.25. The molecule has 1 aliphatic rings. The quantitative estimate of drug-likeness (QED) is 0.402. The largest absolute Gasteiger partial charge is 0.352 e. The van der Waals surface area contributed by atoms with Crippen LogP contribution in [0.25, 0.3) is 0 Å². The van der Waals surface area contributed by atoms with Crippen molar-refractivity contribution >= 4 is 58.4 Å². The van der Waals surface area contributed by atoms with E-state index in [1.165, 1.54) is 22.7 Å². The van der Waals surface area contributed by atoms with Crippen LogP contribution in [0.3, 0.4) is 0 Å². The molecule has 1 fully saturated rings. The molecular weight excluding hydrogens is 506 g/mol. The van der Waals surface area contributed by atoms with Crippen molar-refractivity contribution in [2.75, 3.05) is 5.75 Å². The first-order chi connectivity index (χ1) is 15.8. The predicted octanol–water partition coefficient (Wildman–Crippen LogP) is 6.50. The van der Waals surface area contributed by atoms with Crippen LogP contribution >= 0.6 is 46.6 Å². The van der Waals surface area contributed by atoms with Gasteiger partial charge in [-0.3, -0.25) is 9.59 Å². The minimum absolute atomic E-state index is 0.0764. The highest BCUT2D eigenvalue weighted by Crippen LogP contribution is 2.26. The summed E-state index contributed by atoms with van der Waals surface area (Å²) in [4.78, 5) is 27.6. The van der Waals surface area contributed by atoms with E-state index in [2.05, 4.69) is 5.32 Å². The summed E-state index contributed by atoms with van der Waals surface area (Å²) in [6.07, 6.45) is 4.11. The average molecular weight is 532 g/mol. The number of rotatable bonds is 9. The van der Waals surface area contributed by atoms with Gasteiger partial charge in [-0.25, -0.2) is 4.39 Å². The van der Waals surface area contributed by atoms with Crippen molar-refractivity contribution in [1.29, 1.82) is 0 Å². The lowest BCUT2D eigenvalue weighted by molar-refractivity contribution is -0.138. The highest BCUT2D eigenvalue weighted by Gasteiger charge is 2.28. The van der Waals surface area contributed by atoms with Gasteiger partial charge < -0.3 is 10.2 Å². The minimum atomic E-state index is -0.676. The van der Waals surface area contributed by atoms with Crippen molar-refractivity contribution in [3.63, 3.8) is 0 Å². The second-order valence-corrected chi connectivity index (χ2v) is 10.3. The highest BCUT2D eigenvalue weighted by molar-refractivity contribution is 7.99. The van der Waals surface area contributed by atoms with E-state index in [1.54, 1.807) is 37.3 Å². The summed E-state index contributed by atoms with van der Waals surface area (Å²) in [5.74, 6) is -0.488. The first kappa shape index (κ1) is 26.1. The van der Waals surface area contributed by atoms with Crippen LogP contribution in [0.4, 0.5) is 4.39 Å². The number of hydrogen-bond acceptors (Lipinski definition) is 3. The molecule has 0 bridgehead atoms. The lowest BCUT2D eigenvalue weighted by Crippen LogP contribution is -2.50. The second-order valence-electron chi connectivity index (χ2n) is 8.13. The lowest BCUT2D eigenvalue weighted by Gasteiger charge is -2.30. The van der Waals surface area contributed by atoms with Gasteiger partial charge in [0.05, 0.1) is 15.8 Å². The van der Waals surface area contributed by atoms with Crippen molar-refractivity contribution in [3.05, 3.63) is 68.4 Å². The zero-order valence-electron chi connectivity index (χ0n) is 18.3. The van der Waals surface area contributed by atoms with E-state index in [9.17, 15) is 14.0 Å². The van der Waals surface area contributed by atoms with Gasteiger partial charge in [-0.15, -0.1) is 11.8 Å². The van der Waals surface area contributed by atoms with Crippen molar-refractivity contribution in [1.82, 2.24) is 10.2 Å². The average Bonchev–Trinajstić information content (AvgIpc) is 3.29. The van der Waals surface area contributed by atoms with E-state index in [4.69, 9.17) is 34.8 Å². The summed E-state index contributed by atoms with van der Waals surface area (Å²) in [7, 11) is 0. The number of carbonyl (C=O) groups is 2. The van der Waals surface area contributed by atoms with Crippen molar-refractivity contribution in [2.45, 2.75) is 57.0 Å². The molecule has 1 N–H and O–H groups in total. The van der Waals surface area contributed by atoms with Gasteiger partial charge in [-0.1, -0.05) is 59.8 Å². The Morgan fingerprint density at radius 1 is 1.12 bits per heavy atom. The summed E-state index contributed by atoms with van der Waals surface area (Å²) in [6.45, 7) is 1.92. The van der Waals surface area contributed by atoms with E-state index in [-0.39, 0.29) is 35.9 Å². The Labute approximate surface area is 213 Å². The summed E-state index contributed by atoms with van der Waals surface area (Å²) < 4.78 is 14.0.